The van der Waals surface area contributed by atoms with Gasteiger partial charge in [0.1, 0.15) is 0 Å². The molecule has 0 amide bonds. The molecule has 0 aromatic rings. The minimum Gasteiger partial charge on any atom is -0.769 e. The summed E-state index contributed by atoms with van der Waals surface area (Å²) in [5.41, 5.74) is 0. The molecule has 0 saturated carbocycles. The molecule has 0 N–H and O–H groups in total. The summed E-state index contributed by atoms with van der Waals surface area (Å²) in [6.07, 6.45) is 6.22. The van der Waals surface area contributed by atoms with Crippen molar-refractivity contribution in [3.63, 3.8) is 0 Å². The molecule has 0 fully saturated rings. The van der Waals surface area contributed by atoms with Crippen LogP contribution >= 0.6 is 0 Å². The molecule has 0 aliphatic rings. The van der Waals surface area contributed by atoms with Gasteiger partial charge < -0.3 is 4.55 Å². The molecule has 3 heteroatoms. The maximum atomic E-state index is 9.82. The predicted octanol–water partition coefficient (Wildman–Crippen LogP) is 1.12. The van der Waals surface area contributed by atoms with E-state index in [1.54, 1.807) is 18.2 Å². The zero-order valence-corrected chi connectivity index (χ0v) is 5.64. The van der Waals surface area contributed by atoms with Crippen LogP contribution in [0.25, 0.3) is 0 Å². The maximum Gasteiger partial charge on any atom is -0.0115 e. The lowest BCUT2D eigenvalue weighted by atomic mass is 10.5. The standard InChI is InChI=1S/C6H8O2S/c1-2-3-4-5-6-9(7)8/h2-6H,1H2,(H,7,8)/p-1. The quantitative estimate of drug-likeness (QED) is 0.438. The highest BCUT2D eigenvalue weighted by atomic mass is 32.2. The van der Waals surface area contributed by atoms with Gasteiger partial charge >= 0.3 is 0 Å². The first-order valence-electron chi connectivity index (χ1n) is 2.31. The van der Waals surface area contributed by atoms with E-state index in [1.165, 1.54) is 6.08 Å². The first-order valence-corrected chi connectivity index (χ1v) is 3.45. The summed E-state index contributed by atoms with van der Waals surface area (Å²) in [4.78, 5) is 0. The Morgan fingerprint density at radius 3 is 2.44 bits per heavy atom. The van der Waals surface area contributed by atoms with Crippen LogP contribution in [0.2, 0.25) is 0 Å². The Labute approximate surface area is 56.9 Å². The lowest BCUT2D eigenvalue weighted by Gasteiger charge is -1.90. The van der Waals surface area contributed by atoms with E-state index in [4.69, 9.17) is 0 Å². The van der Waals surface area contributed by atoms with Crippen LogP contribution in [0.15, 0.2) is 36.3 Å². The van der Waals surface area contributed by atoms with Gasteiger partial charge in [0.15, 0.2) is 0 Å². The lowest BCUT2D eigenvalue weighted by Crippen LogP contribution is -1.74. The van der Waals surface area contributed by atoms with Gasteiger partial charge in [0.25, 0.3) is 0 Å². The monoisotopic (exact) mass is 143 g/mol. The second-order valence-electron chi connectivity index (χ2n) is 1.21. The maximum absolute atomic E-state index is 9.82. The Kier molecular flexibility index (Phi) is 5.06. The molecule has 0 bridgehead atoms. The fraction of sp³-hybridized carbons (Fsp3) is 0. The Balaban J connectivity index is 3.59. The van der Waals surface area contributed by atoms with Crippen molar-refractivity contribution in [2.75, 3.05) is 0 Å². The van der Waals surface area contributed by atoms with E-state index in [-0.39, 0.29) is 0 Å². The van der Waals surface area contributed by atoms with E-state index in [9.17, 15) is 8.76 Å². The minimum absolute atomic E-state index is 1.06. The fourth-order valence-corrected chi connectivity index (χ4v) is 0.471. The van der Waals surface area contributed by atoms with Crippen molar-refractivity contribution < 1.29 is 8.76 Å². The Morgan fingerprint density at radius 1 is 1.33 bits per heavy atom. The molecular formula is C6H7O2S-. The van der Waals surface area contributed by atoms with Crippen molar-refractivity contribution in [1.82, 2.24) is 0 Å². The predicted molar refractivity (Wildman–Crippen MR) is 37.4 cm³/mol. The lowest BCUT2D eigenvalue weighted by molar-refractivity contribution is 0.546. The summed E-state index contributed by atoms with van der Waals surface area (Å²) in [7, 11) is 0. The Morgan fingerprint density at radius 2 is 2.00 bits per heavy atom. The summed E-state index contributed by atoms with van der Waals surface area (Å²) < 4.78 is 19.6. The normalized spacial score (nSPS) is 14.8. The molecule has 2 nitrogen and oxygen atoms in total. The minimum atomic E-state index is -2.09. The molecular weight excluding hydrogens is 136 g/mol. The summed E-state index contributed by atoms with van der Waals surface area (Å²) in [6.45, 7) is 3.40. The van der Waals surface area contributed by atoms with Crippen LogP contribution in [0, 0.1) is 0 Å². The summed E-state index contributed by atoms with van der Waals surface area (Å²) >= 11 is -2.09. The number of hydrogen-bond donors (Lipinski definition) is 0. The fourth-order valence-electron chi connectivity index (χ4n) is 0.252. The number of rotatable bonds is 3. The van der Waals surface area contributed by atoms with Gasteiger partial charge in [-0.15, -0.1) is 0 Å². The second-order valence-corrected chi connectivity index (χ2v) is 2.00. The van der Waals surface area contributed by atoms with E-state index < -0.39 is 11.1 Å². The molecule has 0 aromatic carbocycles. The first kappa shape index (κ1) is 8.33. The molecule has 0 heterocycles. The van der Waals surface area contributed by atoms with Gasteiger partial charge in [0.2, 0.25) is 0 Å². The highest BCUT2D eigenvalue weighted by Gasteiger charge is 1.63. The van der Waals surface area contributed by atoms with Crippen molar-refractivity contribution in [3.05, 3.63) is 36.3 Å². The van der Waals surface area contributed by atoms with Gasteiger partial charge in [-0.25, -0.2) is 0 Å². The van der Waals surface area contributed by atoms with Crippen LogP contribution < -0.4 is 0 Å². The molecule has 9 heavy (non-hydrogen) atoms. The van der Waals surface area contributed by atoms with Crippen molar-refractivity contribution in [2.24, 2.45) is 0 Å². The van der Waals surface area contributed by atoms with Gasteiger partial charge in [-0.2, -0.15) is 0 Å². The molecule has 0 aliphatic carbocycles. The van der Waals surface area contributed by atoms with Gasteiger partial charge in [-0.1, -0.05) is 30.9 Å². The van der Waals surface area contributed by atoms with Gasteiger partial charge in [-0.05, 0) is 16.5 Å². The molecule has 0 aliphatic heterocycles. The van der Waals surface area contributed by atoms with Crippen molar-refractivity contribution in [1.29, 1.82) is 0 Å². The topological polar surface area (TPSA) is 40.1 Å². The van der Waals surface area contributed by atoms with Crippen molar-refractivity contribution >= 4 is 11.1 Å². The van der Waals surface area contributed by atoms with Crippen LogP contribution in [0.4, 0.5) is 0 Å². The molecule has 0 spiro atoms. The third kappa shape index (κ3) is 7.33. The van der Waals surface area contributed by atoms with E-state index in [2.05, 4.69) is 6.58 Å². The highest BCUT2D eigenvalue weighted by molar-refractivity contribution is 7.82. The molecule has 1 atom stereocenters. The van der Waals surface area contributed by atoms with Crippen LogP contribution in [0.3, 0.4) is 0 Å². The summed E-state index contributed by atoms with van der Waals surface area (Å²) in [5.74, 6) is 0. The van der Waals surface area contributed by atoms with Crippen molar-refractivity contribution in [3.8, 4) is 0 Å². The molecule has 0 rings (SSSR count). The average molecular weight is 143 g/mol. The van der Waals surface area contributed by atoms with E-state index in [0.717, 1.165) is 5.41 Å². The summed E-state index contributed by atoms with van der Waals surface area (Å²) in [6, 6.07) is 0. The van der Waals surface area contributed by atoms with E-state index in [1.807, 2.05) is 0 Å². The molecule has 1 unspecified atom stereocenters. The van der Waals surface area contributed by atoms with Crippen molar-refractivity contribution in [2.45, 2.75) is 0 Å². The highest BCUT2D eigenvalue weighted by Crippen LogP contribution is 1.79. The Bertz CT molecular complexity index is 158. The second kappa shape index (κ2) is 5.47. The third-order valence-electron chi connectivity index (χ3n) is 0.548. The SMILES string of the molecule is C=CC=CC=CS(=O)[O-]. The van der Waals surface area contributed by atoms with Gasteiger partial charge in [-0.3, -0.25) is 4.21 Å². The summed E-state index contributed by atoms with van der Waals surface area (Å²) in [5, 5.41) is 1.06. The third-order valence-corrected chi connectivity index (χ3v) is 0.927. The van der Waals surface area contributed by atoms with Gasteiger partial charge in [0.05, 0.1) is 0 Å². The molecule has 0 saturated heterocycles. The van der Waals surface area contributed by atoms with E-state index in [0.29, 0.717) is 0 Å². The van der Waals surface area contributed by atoms with Gasteiger partial charge in [0, 0.05) is 0 Å². The number of allylic oxidation sites excluding steroid dienone is 4. The van der Waals surface area contributed by atoms with Crippen LogP contribution in [-0.2, 0) is 11.1 Å². The average Bonchev–Trinajstić information content (AvgIpc) is 1.80. The van der Waals surface area contributed by atoms with Crippen LogP contribution in [-0.4, -0.2) is 8.76 Å². The first-order chi connectivity index (χ1) is 4.27. The van der Waals surface area contributed by atoms with E-state index >= 15 is 0 Å². The zero-order chi connectivity index (χ0) is 7.11. The van der Waals surface area contributed by atoms with Crippen LogP contribution in [0.1, 0.15) is 0 Å². The van der Waals surface area contributed by atoms with Crippen LogP contribution in [0.5, 0.6) is 0 Å². The Hall–Kier alpha value is -0.670. The zero-order valence-electron chi connectivity index (χ0n) is 4.82. The smallest absolute Gasteiger partial charge is 0.0115 e. The molecule has 0 aromatic heterocycles. The largest absolute Gasteiger partial charge is 0.769 e. The molecule has 50 valence electrons. The molecule has 0 radical (unpaired) electrons. The number of hydrogen-bond acceptors (Lipinski definition) is 2.